The summed E-state index contributed by atoms with van der Waals surface area (Å²) < 4.78 is 0. The van der Waals surface area contributed by atoms with E-state index in [2.05, 4.69) is 53.6 Å². The second-order valence-electron chi connectivity index (χ2n) is 5.86. The van der Waals surface area contributed by atoms with Crippen LogP contribution in [-0.4, -0.2) is 23.9 Å². The van der Waals surface area contributed by atoms with Crippen LogP contribution < -0.4 is 5.01 Å². The molecule has 0 aromatic heterocycles. The lowest BCUT2D eigenvalue weighted by atomic mass is 10.0. The van der Waals surface area contributed by atoms with Gasteiger partial charge in [0.1, 0.15) is 5.84 Å². The van der Waals surface area contributed by atoms with E-state index >= 15 is 0 Å². The van der Waals surface area contributed by atoms with Crippen molar-refractivity contribution in [2.45, 2.75) is 33.1 Å². The molecule has 3 heteroatoms. The third kappa shape index (κ3) is 2.79. The number of benzene rings is 1. The number of allylic oxidation sites excluding steroid dienone is 2. The molecular formula is C18H23N3. The molecule has 21 heavy (non-hydrogen) atoms. The van der Waals surface area contributed by atoms with Crippen LogP contribution in [0.1, 0.15) is 37.3 Å². The molecule has 1 aromatic carbocycles. The fraction of sp³-hybridized carbons (Fsp3) is 0.389. The number of nitrogens with zero attached hydrogens (tertiary/aromatic N) is 3. The van der Waals surface area contributed by atoms with Gasteiger partial charge in [0.25, 0.3) is 0 Å². The van der Waals surface area contributed by atoms with Crippen LogP contribution in [0, 0.1) is 6.92 Å². The fourth-order valence-electron chi connectivity index (χ4n) is 3.08. The second kappa shape index (κ2) is 5.86. The first kappa shape index (κ1) is 14.1. The zero-order chi connectivity index (χ0) is 14.8. The monoisotopic (exact) mass is 281 g/mol. The predicted molar refractivity (Wildman–Crippen MR) is 90.4 cm³/mol. The summed E-state index contributed by atoms with van der Waals surface area (Å²) in [5.41, 5.74) is 4.67. The first-order valence-corrected chi connectivity index (χ1v) is 7.73. The van der Waals surface area contributed by atoms with Crippen molar-refractivity contribution in [1.29, 1.82) is 0 Å². The summed E-state index contributed by atoms with van der Waals surface area (Å²) >= 11 is 0. The van der Waals surface area contributed by atoms with Crippen LogP contribution in [0.5, 0.6) is 0 Å². The highest BCUT2D eigenvalue weighted by Crippen LogP contribution is 2.32. The van der Waals surface area contributed by atoms with Crippen LogP contribution in [-0.2, 0) is 0 Å². The van der Waals surface area contributed by atoms with E-state index in [0.717, 1.165) is 24.5 Å². The summed E-state index contributed by atoms with van der Waals surface area (Å²) in [5.74, 6) is 1.02. The van der Waals surface area contributed by atoms with Crippen molar-refractivity contribution in [2.75, 3.05) is 18.1 Å². The Morgan fingerprint density at radius 3 is 2.62 bits per heavy atom. The molecule has 0 aliphatic carbocycles. The third-order valence-electron chi connectivity index (χ3n) is 4.19. The number of hydrogen-bond acceptors (Lipinski definition) is 3. The van der Waals surface area contributed by atoms with Gasteiger partial charge in [-0.1, -0.05) is 25.1 Å². The second-order valence-corrected chi connectivity index (χ2v) is 5.86. The smallest absolute Gasteiger partial charge is 0.120 e. The number of rotatable bonds is 1. The van der Waals surface area contributed by atoms with Crippen molar-refractivity contribution >= 4 is 17.1 Å². The number of fused-ring (bicyclic) bond motifs is 1. The maximum Gasteiger partial charge on any atom is 0.120 e. The van der Waals surface area contributed by atoms with Crippen molar-refractivity contribution in [3.8, 4) is 0 Å². The molecule has 2 aliphatic rings. The molecule has 0 atom stereocenters. The van der Waals surface area contributed by atoms with Gasteiger partial charge in [0.05, 0.1) is 5.69 Å². The minimum atomic E-state index is 1.02. The number of aryl methyl sites for hydroxylation is 1. The minimum Gasteiger partial charge on any atom is -0.260 e. The SMILES string of the molecule is C=C1/C=C\N=C(C)N(N2CCCCC2)c2cc(C)ccc21. The summed E-state index contributed by atoms with van der Waals surface area (Å²) in [6, 6.07) is 6.57. The van der Waals surface area contributed by atoms with Gasteiger partial charge in [-0.15, -0.1) is 0 Å². The summed E-state index contributed by atoms with van der Waals surface area (Å²) in [5, 5.41) is 4.71. The lowest BCUT2D eigenvalue weighted by Gasteiger charge is -2.40. The number of hydrogen-bond donors (Lipinski definition) is 0. The molecule has 3 nitrogen and oxygen atoms in total. The van der Waals surface area contributed by atoms with Gasteiger partial charge in [-0.05, 0) is 50.0 Å². The van der Waals surface area contributed by atoms with Gasteiger partial charge >= 0.3 is 0 Å². The number of hydrazine groups is 1. The Balaban J connectivity index is 2.12. The highest BCUT2D eigenvalue weighted by Gasteiger charge is 2.24. The lowest BCUT2D eigenvalue weighted by molar-refractivity contribution is 0.236. The van der Waals surface area contributed by atoms with Crippen molar-refractivity contribution in [3.05, 3.63) is 48.2 Å². The fourth-order valence-corrected chi connectivity index (χ4v) is 3.08. The largest absolute Gasteiger partial charge is 0.260 e. The van der Waals surface area contributed by atoms with E-state index in [9.17, 15) is 0 Å². The van der Waals surface area contributed by atoms with E-state index in [1.165, 1.54) is 36.1 Å². The predicted octanol–water partition coefficient (Wildman–Crippen LogP) is 4.16. The van der Waals surface area contributed by atoms with E-state index in [4.69, 9.17) is 0 Å². The molecule has 2 aliphatic heterocycles. The van der Waals surface area contributed by atoms with Gasteiger partial charge < -0.3 is 0 Å². The quantitative estimate of drug-likeness (QED) is 0.769. The van der Waals surface area contributed by atoms with Crippen LogP contribution in [0.4, 0.5) is 5.69 Å². The Morgan fingerprint density at radius 2 is 1.86 bits per heavy atom. The summed E-state index contributed by atoms with van der Waals surface area (Å²) in [7, 11) is 0. The first-order chi connectivity index (χ1) is 10.2. The van der Waals surface area contributed by atoms with Crippen molar-refractivity contribution in [1.82, 2.24) is 5.01 Å². The van der Waals surface area contributed by atoms with Gasteiger partial charge in [-0.3, -0.25) is 5.01 Å². The average Bonchev–Trinajstić information content (AvgIpc) is 2.47. The Morgan fingerprint density at radius 1 is 1.10 bits per heavy atom. The molecule has 3 rings (SSSR count). The molecule has 1 fully saturated rings. The molecule has 0 radical (unpaired) electrons. The van der Waals surface area contributed by atoms with Crippen LogP contribution in [0.25, 0.3) is 5.57 Å². The Labute approximate surface area is 127 Å². The van der Waals surface area contributed by atoms with E-state index in [1.54, 1.807) is 0 Å². The summed E-state index contributed by atoms with van der Waals surface area (Å²) in [6.07, 6.45) is 7.68. The first-order valence-electron chi connectivity index (χ1n) is 7.73. The molecule has 0 spiro atoms. The maximum absolute atomic E-state index is 4.58. The van der Waals surface area contributed by atoms with Gasteiger partial charge in [0.2, 0.25) is 0 Å². The highest BCUT2D eigenvalue weighted by atomic mass is 15.6. The number of amidine groups is 1. The van der Waals surface area contributed by atoms with E-state index in [1.807, 2.05) is 12.3 Å². The highest BCUT2D eigenvalue weighted by molar-refractivity contribution is 5.99. The zero-order valence-corrected chi connectivity index (χ0v) is 13.0. The number of aliphatic imine (C=N–C) groups is 1. The van der Waals surface area contributed by atoms with Gasteiger partial charge in [-0.2, -0.15) is 0 Å². The van der Waals surface area contributed by atoms with E-state index in [0.29, 0.717) is 0 Å². The Kier molecular flexibility index (Phi) is 3.93. The molecule has 0 N–H and O–H groups in total. The molecule has 0 saturated carbocycles. The van der Waals surface area contributed by atoms with Crippen LogP contribution >= 0.6 is 0 Å². The molecule has 2 heterocycles. The number of piperidine rings is 1. The molecule has 0 unspecified atom stereocenters. The van der Waals surface area contributed by atoms with Crippen LogP contribution in [0.15, 0.2) is 42.0 Å². The topological polar surface area (TPSA) is 18.8 Å². The normalized spacial score (nSPS) is 21.3. The standard InChI is InChI=1S/C18H23N3/c1-14-7-8-17-15(2)9-10-19-16(3)21(18(17)13-14)20-11-5-4-6-12-20/h7-10,13H,2,4-6,11-12H2,1,3H3/b10-9-,19-16?. The summed E-state index contributed by atoms with van der Waals surface area (Å²) in [6.45, 7) is 10.6. The van der Waals surface area contributed by atoms with E-state index in [-0.39, 0.29) is 0 Å². The molecule has 110 valence electrons. The van der Waals surface area contributed by atoms with Gasteiger partial charge in [0.15, 0.2) is 0 Å². The molecule has 0 bridgehead atoms. The Bertz CT molecular complexity index is 607. The molecular weight excluding hydrogens is 258 g/mol. The van der Waals surface area contributed by atoms with Crippen molar-refractivity contribution in [2.24, 2.45) is 4.99 Å². The molecule has 1 aromatic rings. The molecule has 1 saturated heterocycles. The summed E-state index contributed by atoms with van der Waals surface area (Å²) in [4.78, 5) is 4.58. The lowest BCUT2D eigenvalue weighted by Crippen LogP contribution is -2.48. The average molecular weight is 281 g/mol. The van der Waals surface area contributed by atoms with Crippen LogP contribution in [0.2, 0.25) is 0 Å². The maximum atomic E-state index is 4.58. The van der Waals surface area contributed by atoms with Crippen molar-refractivity contribution in [3.63, 3.8) is 0 Å². The molecule has 0 amide bonds. The number of anilines is 1. The van der Waals surface area contributed by atoms with Gasteiger partial charge in [-0.25, -0.2) is 10.0 Å². The van der Waals surface area contributed by atoms with Gasteiger partial charge in [0, 0.05) is 24.9 Å². The zero-order valence-electron chi connectivity index (χ0n) is 13.0. The van der Waals surface area contributed by atoms with Crippen LogP contribution in [0.3, 0.4) is 0 Å². The Hall–Kier alpha value is -1.87. The van der Waals surface area contributed by atoms with Crippen molar-refractivity contribution < 1.29 is 0 Å². The minimum absolute atomic E-state index is 1.02. The van der Waals surface area contributed by atoms with E-state index < -0.39 is 0 Å². The third-order valence-corrected chi connectivity index (χ3v) is 4.19.